The van der Waals surface area contributed by atoms with Gasteiger partial charge in [0.05, 0.1) is 11.4 Å². The molecule has 0 radical (unpaired) electrons. The molecule has 18 heavy (non-hydrogen) atoms. The Labute approximate surface area is 116 Å². The van der Waals surface area contributed by atoms with Gasteiger partial charge >= 0.3 is 0 Å². The fraction of sp³-hybridized carbons (Fsp3) is 0.286. The van der Waals surface area contributed by atoms with Gasteiger partial charge in [0.15, 0.2) is 0 Å². The molecule has 4 heteroatoms. The van der Waals surface area contributed by atoms with E-state index in [0.29, 0.717) is 0 Å². The van der Waals surface area contributed by atoms with Crippen LogP contribution < -0.4 is 0 Å². The molecule has 0 bridgehead atoms. The van der Waals surface area contributed by atoms with Gasteiger partial charge in [0, 0.05) is 4.90 Å². The Morgan fingerprint density at radius 1 is 1.33 bits per heavy atom. The summed E-state index contributed by atoms with van der Waals surface area (Å²) in [6.07, 6.45) is 1.93. The van der Waals surface area contributed by atoms with E-state index in [9.17, 15) is 0 Å². The lowest BCUT2D eigenvalue weighted by atomic mass is 10.2. The maximum Gasteiger partial charge on any atom is 0.128 e. The summed E-state index contributed by atoms with van der Waals surface area (Å²) < 4.78 is 0. The molecule has 0 fully saturated rings. The molecular weight excluding hydrogens is 260 g/mol. The first-order chi connectivity index (χ1) is 8.83. The molecule has 0 aliphatic heterocycles. The zero-order valence-electron chi connectivity index (χ0n) is 10.2. The first kappa shape index (κ1) is 13.1. The van der Waals surface area contributed by atoms with Crippen LogP contribution in [-0.4, -0.2) is 4.98 Å². The predicted molar refractivity (Wildman–Crippen MR) is 76.8 cm³/mol. The second kappa shape index (κ2) is 6.58. The van der Waals surface area contributed by atoms with E-state index in [2.05, 4.69) is 30.1 Å². The lowest BCUT2D eigenvalue weighted by molar-refractivity contribution is 0.884. The van der Waals surface area contributed by atoms with Crippen molar-refractivity contribution in [1.82, 2.24) is 4.98 Å². The monoisotopic (exact) mass is 274 g/mol. The molecule has 0 saturated carbocycles. The molecule has 0 atom stereocenters. The van der Waals surface area contributed by atoms with Crippen LogP contribution in [0.2, 0.25) is 0 Å². The van der Waals surface area contributed by atoms with Crippen LogP contribution >= 0.6 is 23.1 Å². The zero-order valence-corrected chi connectivity index (χ0v) is 11.9. The van der Waals surface area contributed by atoms with Crippen LogP contribution in [0.25, 0.3) is 0 Å². The standard InChI is InChI=1S/C14H14N2S2/c1-2-6-12-13(9-15)18-14(16-12)10-17-11-7-4-3-5-8-11/h3-5,7-8H,2,6,10H2,1H3. The minimum atomic E-state index is 0.778. The molecule has 1 heterocycles. The van der Waals surface area contributed by atoms with Crippen LogP contribution in [0.4, 0.5) is 0 Å². The molecule has 2 rings (SSSR count). The first-order valence-corrected chi connectivity index (χ1v) is 7.70. The minimum absolute atomic E-state index is 0.778. The summed E-state index contributed by atoms with van der Waals surface area (Å²) in [5.74, 6) is 0.840. The number of hydrogen-bond donors (Lipinski definition) is 0. The van der Waals surface area contributed by atoms with Gasteiger partial charge in [-0.05, 0) is 18.6 Å². The Hall–Kier alpha value is -1.31. The largest absolute Gasteiger partial charge is 0.244 e. The number of hydrogen-bond acceptors (Lipinski definition) is 4. The van der Waals surface area contributed by atoms with E-state index in [4.69, 9.17) is 5.26 Å². The average molecular weight is 274 g/mol. The molecule has 2 nitrogen and oxygen atoms in total. The molecule has 2 aromatic rings. The predicted octanol–water partition coefficient (Wildman–Crippen LogP) is 4.26. The van der Waals surface area contributed by atoms with E-state index < -0.39 is 0 Å². The van der Waals surface area contributed by atoms with Crippen molar-refractivity contribution in [1.29, 1.82) is 5.26 Å². The number of nitrogens with zero attached hydrogens (tertiary/aromatic N) is 2. The van der Waals surface area contributed by atoms with Gasteiger partial charge in [-0.1, -0.05) is 31.5 Å². The van der Waals surface area contributed by atoms with Gasteiger partial charge in [0.1, 0.15) is 16.0 Å². The minimum Gasteiger partial charge on any atom is -0.244 e. The number of aryl methyl sites for hydroxylation is 1. The second-order valence-corrected chi connectivity index (χ2v) is 5.98. The summed E-state index contributed by atoms with van der Waals surface area (Å²) >= 11 is 3.29. The van der Waals surface area contributed by atoms with Gasteiger partial charge in [0.2, 0.25) is 0 Å². The Morgan fingerprint density at radius 2 is 2.11 bits per heavy atom. The second-order valence-electron chi connectivity index (χ2n) is 3.85. The molecule has 0 unspecified atom stereocenters. The lowest BCUT2D eigenvalue weighted by Gasteiger charge is -1.97. The van der Waals surface area contributed by atoms with Crippen LogP contribution in [0.1, 0.15) is 28.9 Å². The third-order valence-electron chi connectivity index (χ3n) is 2.44. The number of rotatable bonds is 5. The molecule has 0 N–H and O–H groups in total. The summed E-state index contributed by atoms with van der Waals surface area (Å²) in [6, 6.07) is 12.5. The van der Waals surface area contributed by atoms with Crippen molar-refractivity contribution in [3.8, 4) is 6.07 Å². The van der Waals surface area contributed by atoms with Gasteiger partial charge in [-0.2, -0.15) is 5.26 Å². The van der Waals surface area contributed by atoms with Crippen LogP contribution in [0.15, 0.2) is 35.2 Å². The smallest absolute Gasteiger partial charge is 0.128 e. The van der Waals surface area contributed by atoms with Crippen LogP contribution in [-0.2, 0) is 12.2 Å². The number of thioether (sulfide) groups is 1. The van der Waals surface area contributed by atoms with Crippen molar-refractivity contribution in [2.75, 3.05) is 0 Å². The van der Waals surface area contributed by atoms with E-state index in [0.717, 1.165) is 34.2 Å². The highest BCUT2D eigenvalue weighted by molar-refractivity contribution is 7.98. The summed E-state index contributed by atoms with van der Waals surface area (Å²) in [6.45, 7) is 2.11. The Bertz CT molecular complexity index is 541. The topological polar surface area (TPSA) is 36.7 Å². The van der Waals surface area contributed by atoms with E-state index in [1.807, 2.05) is 18.2 Å². The summed E-state index contributed by atoms with van der Waals surface area (Å²) in [5.41, 5.74) is 0.966. The fourth-order valence-electron chi connectivity index (χ4n) is 1.62. The molecule has 1 aromatic carbocycles. The van der Waals surface area contributed by atoms with Crippen molar-refractivity contribution < 1.29 is 0 Å². The highest BCUT2D eigenvalue weighted by Gasteiger charge is 2.10. The summed E-state index contributed by atoms with van der Waals surface area (Å²) in [4.78, 5) is 6.58. The Kier molecular flexibility index (Phi) is 4.80. The van der Waals surface area contributed by atoms with Crippen molar-refractivity contribution in [3.05, 3.63) is 45.9 Å². The lowest BCUT2D eigenvalue weighted by Crippen LogP contribution is -1.87. The maximum atomic E-state index is 9.06. The Morgan fingerprint density at radius 3 is 2.78 bits per heavy atom. The molecule has 92 valence electrons. The zero-order chi connectivity index (χ0) is 12.8. The first-order valence-electron chi connectivity index (χ1n) is 5.90. The molecule has 0 amide bonds. The van der Waals surface area contributed by atoms with Crippen LogP contribution in [0.3, 0.4) is 0 Å². The van der Waals surface area contributed by atoms with Gasteiger partial charge in [-0.15, -0.1) is 23.1 Å². The van der Waals surface area contributed by atoms with Crippen LogP contribution in [0.5, 0.6) is 0 Å². The average Bonchev–Trinajstić information content (AvgIpc) is 2.80. The van der Waals surface area contributed by atoms with Crippen LogP contribution in [0, 0.1) is 11.3 Å². The van der Waals surface area contributed by atoms with Crippen molar-refractivity contribution in [3.63, 3.8) is 0 Å². The van der Waals surface area contributed by atoms with E-state index >= 15 is 0 Å². The SMILES string of the molecule is CCCc1nc(CSc2ccccc2)sc1C#N. The number of aromatic nitrogens is 1. The van der Waals surface area contributed by atoms with Crippen molar-refractivity contribution in [2.45, 2.75) is 30.4 Å². The van der Waals surface area contributed by atoms with E-state index in [1.165, 1.54) is 16.2 Å². The quantitative estimate of drug-likeness (QED) is 0.764. The molecule has 0 spiro atoms. The van der Waals surface area contributed by atoms with Gasteiger partial charge in [-0.25, -0.2) is 4.98 Å². The summed E-state index contributed by atoms with van der Waals surface area (Å²) in [5, 5.41) is 10.1. The highest BCUT2D eigenvalue weighted by atomic mass is 32.2. The van der Waals surface area contributed by atoms with Crippen molar-refractivity contribution in [2.24, 2.45) is 0 Å². The molecule has 0 saturated heterocycles. The molecule has 0 aliphatic rings. The van der Waals surface area contributed by atoms with Gasteiger partial charge in [0.25, 0.3) is 0 Å². The molecule has 0 aliphatic carbocycles. The fourth-order valence-corrected chi connectivity index (χ4v) is 3.44. The number of nitriles is 1. The normalized spacial score (nSPS) is 10.2. The van der Waals surface area contributed by atoms with Gasteiger partial charge < -0.3 is 0 Å². The molecular formula is C14H14N2S2. The van der Waals surface area contributed by atoms with E-state index in [-0.39, 0.29) is 0 Å². The number of benzene rings is 1. The Balaban J connectivity index is 2.04. The number of thiazole rings is 1. The maximum absolute atomic E-state index is 9.06. The third kappa shape index (κ3) is 3.34. The third-order valence-corrected chi connectivity index (χ3v) is 4.64. The highest BCUT2D eigenvalue weighted by Crippen LogP contribution is 2.27. The summed E-state index contributed by atoms with van der Waals surface area (Å²) in [7, 11) is 0. The van der Waals surface area contributed by atoms with Crippen molar-refractivity contribution >= 4 is 23.1 Å². The van der Waals surface area contributed by atoms with Gasteiger partial charge in [-0.3, -0.25) is 0 Å². The molecule has 1 aromatic heterocycles. The van der Waals surface area contributed by atoms with E-state index in [1.54, 1.807) is 11.8 Å².